The third-order valence-corrected chi connectivity index (χ3v) is 4.57. The van der Waals surface area contributed by atoms with Gasteiger partial charge in [-0.1, -0.05) is 19.1 Å². The van der Waals surface area contributed by atoms with E-state index in [1.807, 2.05) is 11.5 Å². The van der Waals surface area contributed by atoms with Crippen molar-refractivity contribution in [2.75, 3.05) is 34.2 Å². The van der Waals surface area contributed by atoms with Gasteiger partial charge in [0.15, 0.2) is 5.96 Å². The Morgan fingerprint density at radius 2 is 1.87 bits per heavy atom. The zero-order chi connectivity index (χ0) is 23.0. The van der Waals surface area contributed by atoms with Crippen molar-refractivity contribution in [1.29, 1.82) is 0 Å². The summed E-state index contributed by atoms with van der Waals surface area (Å²) in [6.45, 7) is 3.39. The molecule has 0 aliphatic heterocycles. The first-order chi connectivity index (χ1) is 14.6. The highest BCUT2D eigenvalue weighted by Gasteiger charge is 2.29. The number of nitrogens with one attached hydrogen (secondary N) is 1. The van der Waals surface area contributed by atoms with Gasteiger partial charge in [0.2, 0.25) is 5.91 Å². The molecule has 1 heterocycles. The number of nitrogens with zero attached hydrogens (tertiary/aromatic N) is 6. The molecule has 2 aromatic rings. The summed E-state index contributed by atoms with van der Waals surface area (Å²) in [6, 6.07) is 4.99. The second kappa shape index (κ2) is 10.8. The van der Waals surface area contributed by atoms with E-state index in [0.717, 1.165) is 24.4 Å². The molecular weight excluding hydrogens is 411 g/mol. The summed E-state index contributed by atoms with van der Waals surface area (Å²) in [5, 5.41) is 11.1. The van der Waals surface area contributed by atoms with Crippen LogP contribution in [0.25, 0.3) is 0 Å². The van der Waals surface area contributed by atoms with Crippen LogP contribution in [-0.4, -0.2) is 70.7 Å². The van der Waals surface area contributed by atoms with Crippen LogP contribution in [0.5, 0.6) is 0 Å². The van der Waals surface area contributed by atoms with Gasteiger partial charge < -0.3 is 19.7 Å². The first-order valence-corrected chi connectivity index (χ1v) is 9.84. The summed E-state index contributed by atoms with van der Waals surface area (Å²) in [5.74, 6) is 1.18. The van der Waals surface area contributed by atoms with Crippen molar-refractivity contribution in [3.63, 3.8) is 0 Å². The Kier molecular flexibility index (Phi) is 8.40. The molecule has 1 aromatic heterocycles. The van der Waals surface area contributed by atoms with Gasteiger partial charge in [0.05, 0.1) is 5.56 Å². The second-order valence-electron chi connectivity index (χ2n) is 7.20. The van der Waals surface area contributed by atoms with E-state index in [4.69, 9.17) is 0 Å². The van der Waals surface area contributed by atoms with Crippen LogP contribution < -0.4 is 5.32 Å². The first-order valence-electron chi connectivity index (χ1n) is 9.84. The molecule has 8 nitrogen and oxygen atoms in total. The predicted molar refractivity (Wildman–Crippen MR) is 111 cm³/mol. The number of aryl methyl sites for hydroxylation is 1. The fourth-order valence-corrected chi connectivity index (χ4v) is 2.77. The number of alkyl halides is 3. The molecule has 0 saturated carbocycles. The van der Waals surface area contributed by atoms with E-state index < -0.39 is 11.7 Å². The van der Waals surface area contributed by atoms with Gasteiger partial charge in [0.1, 0.15) is 18.7 Å². The lowest BCUT2D eigenvalue weighted by Gasteiger charge is -2.23. The highest BCUT2D eigenvalue weighted by molar-refractivity contribution is 5.84. The van der Waals surface area contributed by atoms with E-state index in [1.165, 1.54) is 17.0 Å². The molecule has 170 valence electrons. The molecule has 1 amide bonds. The van der Waals surface area contributed by atoms with E-state index in [9.17, 15) is 18.0 Å². The lowest BCUT2D eigenvalue weighted by Crippen LogP contribution is -2.41. The number of rotatable bonds is 8. The molecule has 11 heteroatoms. The standard InChI is InChI=1S/C20H28F3N7O/c1-5-17-27-26-14-30(17)11-10-24-19(25-12-18(31)28(2)3)29(4)13-15-6-8-16(9-7-15)20(21,22)23/h6-9,14H,5,10-13H2,1-4H3,(H,24,25). The number of amides is 1. The maximum atomic E-state index is 12.8. The highest BCUT2D eigenvalue weighted by atomic mass is 19.4. The molecule has 1 aromatic carbocycles. The maximum absolute atomic E-state index is 12.8. The topological polar surface area (TPSA) is 78.6 Å². The molecule has 0 radical (unpaired) electrons. The lowest BCUT2D eigenvalue weighted by molar-refractivity contribution is -0.137. The number of carbonyl (C=O) groups is 1. The van der Waals surface area contributed by atoms with Gasteiger partial charge in [-0.2, -0.15) is 13.2 Å². The molecule has 2 rings (SSSR count). The first kappa shape index (κ1) is 24.2. The van der Waals surface area contributed by atoms with Crippen molar-refractivity contribution >= 4 is 11.9 Å². The summed E-state index contributed by atoms with van der Waals surface area (Å²) in [6.07, 6.45) is -1.96. The smallest absolute Gasteiger partial charge is 0.354 e. The Balaban J connectivity index is 2.07. The van der Waals surface area contributed by atoms with Crippen molar-refractivity contribution in [3.05, 3.63) is 47.5 Å². The minimum absolute atomic E-state index is 0.0421. The average Bonchev–Trinajstić information content (AvgIpc) is 3.17. The number of aromatic nitrogens is 3. The molecule has 0 saturated heterocycles. The quantitative estimate of drug-likeness (QED) is 0.503. The van der Waals surface area contributed by atoms with Gasteiger partial charge >= 0.3 is 6.18 Å². The minimum Gasteiger partial charge on any atom is -0.354 e. The molecular formula is C20H28F3N7O. The summed E-state index contributed by atoms with van der Waals surface area (Å²) in [5.41, 5.74) is -0.000756. The summed E-state index contributed by atoms with van der Waals surface area (Å²) in [7, 11) is 5.06. The van der Waals surface area contributed by atoms with Crippen molar-refractivity contribution in [2.24, 2.45) is 4.99 Å². The monoisotopic (exact) mass is 439 g/mol. The Labute approximate surface area is 179 Å². The number of likely N-dealkylation sites (N-methyl/N-ethyl adjacent to an activating group) is 1. The molecule has 0 fully saturated rings. The van der Waals surface area contributed by atoms with Crippen molar-refractivity contribution in [1.82, 2.24) is 29.9 Å². The van der Waals surface area contributed by atoms with Crippen LogP contribution in [-0.2, 0) is 30.5 Å². The second-order valence-corrected chi connectivity index (χ2v) is 7.20. The number of benzene rings is 1. The van der Waals surface area contributed by atoms with Gasteiger partial charge in [-0.05, 0) is 17.7 Å². The third-order valence-electron chi connectivity index (χ3n) is 4.57. The van der Waals surface area contributed by atoms with E-state index in [2.05, 4.69) is 20.5 Å². The summed E-state index contributed by atoms with van der Waals surface area (Å²) in [4.78, 5) is 19.5. The molecule has 0 unspecified atom stereocenters. The number of guanidine groups is 1. The van der Waals surface area contributed by atoms with Gasteiger partial charge in [0.25, 0.3) is 0 Å². The van der Waals surface area contributed by atoms with Crippen molar-refractivity contribution in [3.8, 4) is 0 Å². The normalized spacial score (nSPS) is 12.0. The van der Waals surface area contributed by atoms with Crippen LogP contribution in [0.4, 0.5) is 13.2 Å². The van der Waals surface area contributed by atoms with Gasteiger partial charge in [-0.3, -0.25) is 4.79 Å². The van der Waals surface area contributed by atoms with Crippen LogP contribution in [0, 0.1) is 0 Å². The zero-order valence-electron chi connectivity index (χ0n) is 18.1. The number of hydrogen-bond donors (Lipinski definition) is 1. The summed E-state index contributed by atoms with van der Waals surface area (Å²) >= 11 is 0. The van der Waals surface area contributed by atoms with Crippen molar-refractivity contribution < 1.29 is 18.0 Å². The molecule has 0 bridgehead atoms. The molecule has 0 spiro atoms. The molecule has 31 heavy (non-hydrogen) atoms. The Morgan fingerprint density at radius 3 is 2.45 bits per heavy atom. The molecule has 1 N–H and O–H groups in total. The Hall–Kier alpha value is -3.11. The average molecular weight is 439 g/mol. The van der Waals surface area contributed by atoms with E-state index in [1.54, 1.807) is 32.4 Å². The number of hydrogen-bond acceptors (Lipinski definition) is 4. The van der Waals surface area contributed by atoms with Crippen LogP contribution in [0.3, 0.4) is 0 Å². The summed E-state index contributed by atoms with van der Waals surface area (Å²) < 4.78 is 40.2. The van der Waals surface area contributed by atoms with Crippen LogP contribution in [0.2, 0.25) is 0 Å². The van der Waals surface area contributed by atoms with Gasteiger partial charge in [0, 0.05) is 47.2 Å². The van der Waals surface area contributed by atoms with Gasteiger partial charge in [-0.25, -0.2) is 4.99 Å². The number of carbonyl (C=O) groups excluding carboxylic acids is 1. The van der Waals surface area contributed by atoms with E-state index in [0.29, 0.717) is 31.2 Å². The zero-order valence-corrected chi connectivity index (χ0v) is 18.1. The van der Waals surface area contributed by atoms with Crippen LogP contribution in [0.15, 0.2) is 35.6 Å². The fraction of sp³-hybridized carbons (Fsp3) is 0.500. The number of aliphatic imine (C=N–C) groups is 1. The molecule has 0 atom stereocenters. The Morgan fingerprint density at radius 1 is 1.19 bits per heavy atom. The largest absolute Gasteiger partial charge is 0.416 e. The maximum Gasteiger partial charge on any atom is 0.416 e. The fourth-order valence-electron chi connectivity index (χ4n) is 2.77. The molecule has 0 aliphatic carbocycles. The predicted octanol–water partition coefficient (Wildman–Crippen LogP) is 2.03. The van der Waals surface area contributed by atoms with E-state index >= 15 is 0 Å². The van der Waals surface area contributed by atoms with E-state index in [-0.39, 0.29) is 12.5 Å². The molecule has 0 aliphatic rings. The van der Waals surface area contributed by atoms with Crippen LogP contribution >= 0.6 is 0 Å². The van der Waals surface area contributed by atoms with Crippen LogP contribution in [0.1, 0.15) is 23.9 Å². The lowest BCUT2D eigenvalue weighted by atomic mass is 10.1. The van der Waals surface area contributed by atoms with Gasteiger partial charge in [-0.15, -0.1) is 10.2 Å². The Bertz CT molecular complexity index is 876. The minimum atomic E-state index is -4.37. The SMILES string of the molecule is CCc1nncn1CCNC(=NCC(=O)N(C)C)N(C)Cc1ccc(C(F)(F)F)cc1. The third kappa shape index (κ3) is 7.26. The highest BCUT2D eigenvalue weighted by Crippen LogP contribution is 2.29. The van der Waals surface area contributed by atoms with Crippen molar-refractivity contribution in [2.45, 2.75) is 32.6 Å². The number of halogens is 3.